The summed E-state index contributed by atoms with van der Waals surface area (Å²) in [5.74, 6) is -0.0537. The summed E-state index contributed by atoms with van der Waals surface area (Å²) in [4.78, 5) is 11.8. The first-order valence-corrected chi connectivity index (χ1v) is 6.79. The summed E-state index contributed by atoms with van der Waals surface area (Å²) in [7, 11) is 0. The zero-order chi connectivity index (χ0) is 15.3. The van der Waals surface area contributed by atoms with E-state index in [4.69, 9.17) is 0 Å². The molecule has 1 heterocycles. The Balaban J connectivity index is 1.83. The van der Waals surface area contributed by atoms with Crippen LogP contribution >= 0.6 is 0 Å². The molecule has 7 heteroatoms. The van der Waals surface area contributed by atoms with Crippen LogP contribution in [0, 0.1) is 5.92 Å². The van der Waals surface area contributed by atoms with Crippen molar-refractivity contribution in [1.29, 1.82) is 0 Å². The fourth-order valence-corrected chi connectivity index (χ4v) is 2.29. The Morgan fingerprint density at radius 1 is 1.43 bits per heavy atom. The van der Waals surface area contributed by atoms with E-state index in [0.717, 1.165) is 32.0 Å². The zero-order valence-electron chi connectivity index (χ0n) is 11.4. The van der Waals surface area contributed by atoms with Crippen molar-refractivity contribution in [2.24, 2.45) is 5.92 Å². The van der Waals surface area contributed by atoms with Crippen LogP contribution in [0.1, 0.15) is 19.3 Å². The van der Waals surface area contributed by atoms with Gasteiger partial charge >= 0.3 is 6.36 Å². The van der Waals surface area contributed by atoms with E-state index in [1.54, 1.807) is 0 Å². The molecule has 2 N–H and O–H groups in total. The SMILES string of the molecule is O=C(CCC1CCNC1)Nc1cccc(OC(F)(F)F)c1. The Labute approximate surface area is 120 Å². The summed E-state index contributed by atoms with van der Waals surface area (Å²) in [6.45, 7) is 1.89. The zero-order valence-corrected chi connectivity index (χ0v) is 11.4. The first-order valence-electron chi connectivity index (χ1n) is 6.79. The Morgan fingerprint density at radius 3 is 2.90 bits per heavy atom. The molecule has 1 aromatic carbocycles. The van der Waals surface area contributed by atoms with Crippen molar-refractivity contribution in [3.8, 4) is 5.75 Å². The summed E-state index contributed by atoms with van der Waals surface area (Å²) in [5, 5.41) is 5.81. The molecule has 21 heavy (non-hydrogen) atoms. The highest BCUT2D eigenvalue weighted by Crippen LogP contribution is 2.25. The maximum atomic E-state index is 12.1. The molecule has 116 valence electrons. The largest absolute Gasteiger partial charge is 0.573 e. The molecule has 0 aliphatic carbocycles. The lowest BCUT2D eigenvalue weighted by Crippen LogP contribution is -2.17. The lowest BCUT2D eigenvalue weighted by molar-refractivity contribution is -0.274. The van der Waals surface area contributed by atoms with Crippen molar-refractivity contribution in [3.63, 3.8) is 0 Å². The second kappa shape index (κ2) is 6.80. The third-order valence-electron chi connectivity index (χ3n) is 3.29. The van der Waals surface area contributed by atoms with Crippen molar-refractivity contribution < 1.29 is 22.7 Å². The van der Waals surface area contributed by atoms with Gasteiger partial charge in [-0.15, -0.1) is 13.2 Å². The number of carbonyl (C=O) groups is 1. The highest BCUT2D eigenvalue weighted by atomic mass is 19.4. The van der Waals surface area contributed by atoms with Gasteiger partial charge in [0.1, 0.15) is 5.75 Å². The number of alkyl halides is 3. The highest BCUT2D eigenvalue weighted by molar-refractivity contribution is 5.90. The van der Waals surface area contributed by atoms with Crippen LogP contribution in [0.4, 0.5) is 18.9 Å². The van der Waals surface area contributed by atoms with Gasteiger partial charge in [-0.2, -0.15) is 0 Å². The monoisotopic (exact) mass is 302 g/mol. The highest BCUT2D eigenvalue weighted by Gasteiger charge is 2.31. The van der Waals surface area contributed by atoms with Crippen LogP contribution in [0.15, 0.2) is 24.3 Å². The average molecular weight is 302 g/mol. The smallest absolute Gasteiger partial charge is 0.406 e. The Morgan fingerprint density at radius 2 is 2.24 bits per heavy atom. The molecule has 1 atom stereocenters. The number of hydrogen-bond donors (Lipinski definition) is 2. The van der Waals surface area contributed by atoms with E-state index in [1.807, 2.05) is 0 Å². The van der Waals surface area contributed by atoms with Gasteiger partial charge in [-0.05, 0) is 44.0 Å². The van der Waals surface area contributed by atoms with E-state index in [0.29, 0.717) is 18.0 Å². The average Bonchev–Trinajstić information content (AvgIpc) is 2.87. The molecule has 0 radical (unpaired) electrons. The van der Waals surface area contributed by atoms with Crippen LogP contribution in [-0.2, 0) is 4.79 Å². The second-order valence-corrected chi connectivity index (χ2v) is 5.02. The molecule has 1 aliphatic rings. The van der Waals surface area contributed by atoms with Gasteiger partial charge in [0.05, 0.1) is 0 Å². The molecular weight excluding hydrogens is 285 g/mol. The van der Waals surface area contributed by atoms with Gasteiger partial charge in [0.25, 0.3) is 0 Å². The van der Waals surface area contributed by atoms with Gasteiger partial charge in [-0.25, -0.2) is 0 Å². The number of rotatable bonds is 5. The summed E-state index contributed by atoms with van der Waals surface area (Å²) in [6, 6.07) is 5.27. The number of nitrogens with one attached hydrogen (secondary N) is 2. The number of hydrogen-bond acceptors (Lipinski definition) is 3. The van der Waals surface area contributed by atoms with Gasteiger partial charge < -0.3 is 15.4 Å². The molecular formula is C14H17F3N2O2. The van der Waals surface area contributed by atoms with Gasteiger partial charge in [0.15, 0.2) is 0 Å². The molecule has 0 saturated carbocycles. The summed E-state index contributed by atoms with van der Waals surface area (Å²) in [5.41, 5.74) is 0.297. The minimum absolute atomic E-state index is 0.203. The number of benzene rings is 1. The lowest BCUT2D eigenvalue weighted by atomic mass is 10.0. The summed E-state index contributed by atoms with van der Waals surface area (Å²) >= 11 is 0. The molecule has 2 rings (SSSR count). The first-order chi connectivity index (χ1) is 9.92. The van der Waals surface area contributed by atoms with Crippen LogP contribution < -0.4 is 15.4 Å². The van der Waals surface area contributed by atoms with E-state index >= 15 is 0 Å². The van der Waals surface area contributed by atoms with E-state index in [9.17, 15) is 18.0 Å². The third-order valence-corrected chi connectivity index (χ3v) is 3.29. The fourth-order valence-electron chi connectivity index (χ4n) is 2.29. The lowest BCUT2D eigenvalue weighted by Gasteiger charge is -2.11. The van der Waals surface area contributed by atoms with Crippen molar-refractivity contribution in [1.82, 2.24) is 5.32 Å². The van der Waals surface area contributed by atoms with Gasteiger partial charge in [0, 0.05) is 18.2 Å². The molecule has 1 unspecified atom stereocenters. The van der Waals surface area contributed by atoms with Crippen molar-refractivity contribution in [2.75, 3.05) is 18.4 Å². The third kappa shape index (κ3) is 5.63. The van der Waals surface area contributed by atoms with Crippen molar-refractivity contribution in [2.45, 2.75) is 25.6 Å². The molecule has 1 fully saturated rings. The number of halogens is 3. The predicted molar refractivity (Wildman–Crippen MR) is 72.0 cm³/mol. The molecule has 0 aromatic heterocycles. The van der Waals surface area contributed by atoms with Crippen LogP contribution in [0.5, 0.6) is 5.75 Å². The van der Waals surface area contributed by atoms with Crippen LogP contribution in [0.3, 0.4) is 0 Å². The number of amides is 1. The van der Waals surface area contributed by atoms with E-state index in [1.165, 1.54) is 18.2 Å². The van der Waals surface area contributed by atoms with Crippen LogP contribution in [-0.4, -0.2) is 25.4 Å². The second-order valence-electron chi connectivity index (χ2n) is 5.02. The quantitative estimate of drug-likeness (QED) is 0.879. The Hall–Kier alpha value is -1.76. The van der Waals surface area contributed by atoms with Crippen LogP contribution in [0.2, 0.25) is 0 Å². The van der Waals surface area contributed by atoms with Gasteiger partial charge in [0.2, 0.25) is 5.91 Å². The van der Waals surface area contributed by atoms with Crippen molar-refractivity contribution >= 4 is 11.6 Å². The molecule has 4 nitrogen and oxygen atoms in total. The predicted octanol–water partition coefficient (Wildman–Crippen LogP) is 2.91. The summed E-state index contributed by atoms with van der Waals surface area (Å²) in [6.07, 6.45) is -2.55. The molecule has 1 aliphatic heterocycles. The number of ether oxygens (including phenoxy) is 1. The number of anilines is 1. The Kier molecular flexibility index (Phi) is 5.06. The van der Waals surface area contributed by atoms with Gasteiger partial charge in [-0.1, -0.05) is 6.07 Å². The first kappa shape index (κ1) is 15.6. The maximum Gasteiger partial charge on any atom is 0.573 e. The maximum absolute atomic E-state index is 12.1. The summed E-state index contributed by atoms with van der Waals surface area (Å²) < 4.78 is 40.1. The van der Waals surface area contributed by atoms with E-state index in [-0.39, 0.29) is 11.7 Å². The molecule has 1 amide bonds. The fraction of sp³-hybridized carbons (Fsp3) is 0.500. The molecule has 1 aromatic rings. The minimum Gasteiger partial charge on any atom is -0.406 e. The standard InChI is InChI=1S/C14H17F3N2O2/c15-14(16,17)21-12-3-1-2-11(8-12)19-13(20)5-4-10-6-7-18-9-10/h1-3,8,10,18H,4-7,9H2,(H,19,20). The molecule has 1 saturated heterocycles. The van der Waals surface area contributed by atoms with E-state index in [2.05, 4.69) is 15.4 Å². The van der Waals surface area contributed by atoms with Crippen LogP contribution in [0.25, 0.3) is 0 Å². The van der Waals surface area contributed by atoms with Gasteiger partial charge in [-0.3, -0.25) is 4.79 Å². The minimum atomic E-state index is -4.74. The molecule has 0 spiro atoms. The van der Waals surface area contributed by atoms with Crippen molar-refractivity contribution in [3.05, 3.63) is 24.3 Å². The number of carbonyl (C=O) groups excluding carboxylic acids is 1. The molecule has 0 bridgehead atoms. The normalized spacial score (nSPS) is 18.5. The topological polar surface area (TPSA) is 50.4 Å². The van der Waals surface area contributed by atoms with E-state index < -0.39 is 6.36 Å². The Bertz CT molecular complexity index is 485.